The molecule has 1 aliphatic heterocycles. The lowest BCUT2D eigenvalue weighted by Gasteiger charge is -2.44. The summed E-state index contributed by atoms with van der Waals surface area (Å²) in [6.07, 6.45) is -1.76. The molecule has 0 bridgehead atoms. The second kappa shape index (κ2) is 11.3. The quantitative estimate of drug-likeness (QED) is 0.463. The van der Waals surface area contributed by atoms with Crippen molar-refractivity contribution in [2.45, 2.75) is 110 Å². The summed E-state index contributed by atoms with van der Waals surface area (Å²) in [6.45, 7) is 15.9. The van der Waals surface area contributed by atoms with Gasteiger partial charge in [-0.3, -0.25) is 4.79 Å². The molecule has 34 heavy (non-hydrogen) atoms. The number of ether oxygens (including phenoxy) is 2. The molecule has 8 heteroatoms. The van der Waals surface area contributed by atoms with Crippen molar-refractivity contribution < 1.29 is 33.7 Å². The molecular formula is C26H48FNO6. The molecule has 1 rings (SSSR count). The molecule has 0 spiro atoms. The molecule has 7 nitrogen and oxygen atoms in total. The van der Waals surface area contributed by atoms with E-state index in [0.717, 1.165) is 6.92 Å². The minimum absolute atomic E-state index is 0.0267. The monoisotopic (exact) mass is 489 g/mol. The molecule has 0 aromatic heterocycles. The van der Waals surface area contributed by atoms with Gasteiger partial charge in [0.1, 0.15) is 17.8 Å². The summed E-state index contributed by atoms with van der Waals surface area (Å²) >= 11 is 0. The predicted molar refractivity (Wildman–Crippen MR) is 130 cm³/mol. The minimum atomic E-state index is -2.91. The Hall–Kier alpha value is -1.09. The molecule has 2 N–H and O–H groups in total. The summed E-state index contributed by atoms with van der Waals surface area (Å²) in [5.41, 5.74) is -5.53. The zero-order chi connectivity index (χ0) is 26.8. The van der Waals surface area contributed by atoms with Crippen molar-refractivity contribution >= 4 is 11.8 Å². The lowest BCUT2D eigenvalue weighted by atomic mass is 9.67. The molecule has 200 valence electrons. The van der Waals surface area contributed by atoms with Gasteiger partial charge in [0.15, 0.2) is 5.78 Å². The number of nitrogens with zero attached hydrogens (tertiary/aromatic N) is 1. The molecule has 0 aromatic rings. The van der Waals surface area contributed by atoms with Gasteiger partial charge < -0.3 is 24.6 Å². The molecule has 0 saturated carbocycles. The lowest BCUT2D eigenvalue weighted by Crippen LogP contribution is -2.59. The van der Waals surface area contributed by atoms with Crippen LogP contribution in [0, 0.1) is 23.7 Å². The molecule has 0 aromatic carbocycles. The van der Waals surface area contributed by atoms with E-state index in [9.17, 15) is 19.8 Å². The number of halogens is 1. The van der Waals surface area contributed by atoms with E-state index in [1.54, 1.807) is 27.9 Å². The standard InChI is InChI=1S/C26H48FNO6/c1-12-19-26(9,32)22(30)18(6)28(10)14-16(4)13-24(7,33-11)20(15(2)3)17(5)21(29)25(8,27)23(31)34-19/h15-20,22,30,32H,12-14H2,1-11H3/t16-,17-,18-,19-,20-,22-,24-,25+,26-/m1/s1. The molecular weight excluding hydrogens is 441 g/mol. The van der Waals surface area contributed by atoms with Gasteiger partial charge in [-0.1, -0.05) is 34.6 Å². The summed E-state index contributed by atoms with van der Waals surface area (Å²) in [5, 5.41) is 22.2. The first-order chi connectivity index (χ1) is 15.4. The van der Waals surface area contributed by atoms with E-state index in [-0.39, 0.29) is 24.2 Å². The third-order valence-electron chi connectivity index (χ3n) is 8.06. The van der Waals surface area contributed by atoms with Crippen molar-refractivity contribution in [3.63, 3.8) is 0 Å². The van der Waals surface area contributed by atoms with Gasteiger partial charge in [-0.25, -0.2) is 9.18 Å². The lowest BCUT2D eigenvalue weighted by molar-refractivity contribution is -0.196. The SMILES string of the molecule is CC[C@H]1OC(=O)[C@@](C)(F)C(=O)[C@H](C)[C@@H](C(C)C)[C@](C)(OC)C[C@@H](C)CN(C)[C@H](C)[C@@H](O)[C@]1(C)O. The maximum atomic E-state index is 15.8. The molecule has 1 fully saturated rings. The molecule has 1 aliphatic rings. The number of aliphatic hydroxyl groups excluding tert-OH is 1. The Labute approximate surface area is 205 Å². The van der Waals surface area contributed by atoms with Gasteiger partial charge in [-0.15, -0.1) is 0 Å². The van der Waals surface area contributed by atoms with Gasteiger partial charge in [-0.2, -0.15) is 0 Å². The second-order valence-corrected chi connectivity index (χ2v) is 11.4. The van der Waals surface area contributed by atoms with Crippen molar-refractivity contribution in [1.29, 1.82) is 0 Å². The number of cyclic esters (lactones) is 1. The van der Waals surface area contributed by atoms with Gasteiger partial charge in [-0.05, 0) is 65.3 Å². The van der Waals surface area contributed by atoms with Gasteiger partial charge in [0, 0.05) is 25.6 Å². The number of ketones is 1. The van der Waals surface area contributed by atoms with Crippen LogP contribution in [0.5, 0.6) is 0 Å². The number of carbonyl (C=O) groups excluding carboxylic acids is 2. The van der Waals surface area contributed by atoms with Gasteiger partial charge in [0.2, 0.25) is 0 Å². The molecule has 0 amide bonds. The highest BCUT2D eigenvalue weighted by atomic mass is 19.1. The Balaban J connectivity index is 3.65. The first-order valence-electron chi connectivity index (χ1n) is 12.5. The molecule has 0 radical (unpaired) electrons. The maximum Gasteiger partial charge on any atom is 0.351 e. The summed E-state index contributed by atoms with van der Waals surface area (Å²) in [5.74, 6) is -3.34. The van der Waals surface area contributed by atoms with E-state index in [4.69, 9.17) is 9.47 Å². The number of hydrogen-bond acceptors (Lipinski definition) is 7. The molecule has 1 heterocycles. The summed E-state index contributed by atoms with van der Waals surface area (Å²) in [7, 11) is 3.45. The van der Waals surface area contributed by atoms with Gasteiger partial charge >= 0.3 is 5.97 Å². The van der Waals surface area contributed by atoms with Crippen molar-refractivity contribution in [2.24, 2.45) is 23.7 Å². The Kier molecular flexibility index (Phi) is 10.3. The van der Waals surface area contributed by atoms with Crippen LogP contribution in [0.2, 0.25) is 0 Å². The average molecular weight is 490 g/mol. The average Bonchev–Trinajstić information content (AvgIpc) is 2.73. The highest BCUT2D eigenvalue weighted by Gasteiger charge is 2.53. The van der Waals surface area contributed by atoms with E-state index in [2.05, 4.69) is 6.92 Å². The molecule has 9 atom stereocenters. The van der Waals surface area contributed by atoms with Crippen LogP contribution in [0.1, 0.15) is 75.2 Å². The predicted octanol–water partition coefficient (Wildman–Crippen LogP) is 3.39. The van der Waals surface area contributed by atoms with Crippen LogP contribution in [0.3, 0.4) is 0 Å². The topological polar surface area (TPSA) is 96.3 Å². The molecule has 0 unspecified atom stereocenters. The van der Waals surface area contributed by atoms with Crippen LogP contribution in [0.15, 0.2) is 0 Å². The fourth-order valence-electron chi connectivity index (χ4n) is 6.05. The largest absolute Gasteiger partial charge is 0.457 e. The summed E-state index contributed by atoms with van der Waals surface area (Å²) in [6, 6.07) is -0.484. The number of likely N-dealkylation sites (N-methyl/N-ethyl adjacent to an activating group) is 1. The highest BCUT2D eigenvalue weighted by molar-refractivity contribution is 6.07. The Morgan fingerprint density at radius 1 is 1.21 bits per heavy atom. The van der Waals surface area contributed by atoms with E-state index in [1.807, 2.05) is 32.7 Å². The zero-order valence-electron chi connectivity index (χ0n) is 23.0. The normalized spacial score (nSPS) is 44.4. The number of methoxy groups -OCH3 is 1. The number of carbonyl (C=O) groups is 2. The third kappa shape index (κ3) is 6.18. The van der Waals surface area contributed by atoms with Crippen molar-refractivity contribution in [1.82, 2.24) is 4.90 Å². The van der Waals surface area contributed by atoms with Crippen LogP contribution >= 0.6 is 0 Å². The first kappa shape index (κ1) is 30.9. The molecule has 0 aliphatic carbocycles. The number of Topliss-reactive ketones (excluding diaryl/α,β-unsaturated/α-hetero) is 1. The van der Waals surface area contributed by atoms with Crippen LogP contribution in [0.4, 0.5) is 4.39 Å². The number of esters is 1. The molecule has 1 saturated heterocycles. The van der Waals surface area contributed by atoms with Crippen molar-refractivity contribution in [3.05, 3.63) is 0 Å². The fraction of sp³-hybridized carbons (Fsp3) is 0.923. The number of rotatable bonds is 3. The van der Waals surface area contributed by atoms with Crippen LogP contribution in [-0.4, -0.2) is 82.7 Å². The van der Waals surface area contributed by atoms with E-state index in [0.29, 0.717) is 13.0 Å². The number of alkyl halides is 1. The Morgan fingerprint density at radius 2 is 1.74 bits per heavy atom. The Morgan fingerprint density at radius 3 is 2.18 bits per heavy atom. The van der Waals surface area contributed by atoms with E-state index >= 15 is 4.39 Å². The van der Waals surface area contributed by atoms with Gasteiger partial charge in [0.05, 0.1) is 5.60 Å². The summed E-state index contributed by atoms with van der Waals surface area (Å²) < 4.78 is 27.2. The minimum Gasteiger partial charge on any atom is -0.457 e. The van der Waals surface area contributed by atoms with Crippen LogP contribution in [-0.2, 0) is 19.1 Å². The van der Waals surface area contributed by atoms with Crippen molar-refractivity contribution in [2.75, 3.05) is 20.7 Å². The van der Waals surface area contributed by atoms with Crippen molar-refractivity contribution in [3.8, 4) is 0 Å². The first-order valence-corrected chi connectivity index (χ1v) is 12.5. The third-order valence-corrected chi connectivity index (χ3v) is 8.06. The van der Waals surface area contributed by atoms with Crippen LogP contribution < -0.4 is 0 Å². The fourth-order valence-corrected chi connectivity index (χ4v) is 6.05. The maximum absolute atomic E-state index is 15.8. The summed E-state index contributed by atoms with van der Waals surface area (Å²) in [4.78, 5) is 28.3. The Bertz CT molecular complexity index is 711. The van der Waals surface area contributed by atoms with Gasteiger partial charge in [0.25, 0.3) is 5.67 Å². The zero-order valence-corrected chi connectivity index (χ0v) is 23.0. The highest BCUT2D eigenvalue weighted by Crippen LogP contribution is 2.41. The smallest absolute Gasteiger partial charge is 0.351 e. The second-order valence-electron chi connectivity index (χ2n) is 11.4. The number of hydrogen-bond donors (Lipinski definition) is 2. The number of aliphatic hydroxyl groups is 2. The van der Waals surface area contributed by atoms with E-state index < -0.39 is 52.8 Å². The van der Waals surface area contributed by atoms with E-state index in [1.165, 1.54) is 6.92 Å². The van der Waals surface area contributed by atoms with Crippen LogP contribution in [0.25, 0.3) is 0 Å².